The Labute approximate surface area is 153 Å². The maximum Gasteiger partial charge on any atom is 0.266 e. The number of aromatic hydroxyl groups is 1. The zero-order chi connectivity index (χ0) is 18.4. The molecule has 0 fully saturated rings. The van der Waals surface area contributed by atoms with Crippen LogP contribution in [0, 0.1) is 11.3 Å². The molecule has 6 nitrogen and oxygen atoms in total. The van der Waals surface area contributed by atoms with E-state index in [-0.39, 0.29) is 11.3 Å². The Bertz CT molecular complexity index is 855. The Morgan fingerprint density at radius 2 is 1.84 bits per heavy atom. The predicted octanol–water partition coefficient (Wildman–Crippen LogP) is 3.72. The van der Waals surface area contributed by atoms with Gasteiger partial charge in [-0.3, -0.25) is 4.79 Å². The molecular formula is C18H15BrN2O4. The summed E-state index contributed by atoms with van der Waals surface area (Å²) in [5.41, 5.74) is 0.919. The molecule has 0 saturated heterocycles. The molecule has 2 rings (SSSR count). The van der Waals surface area contributed by atoms with Gasteiger partial charge in [0, 0.05) is 17.3 Å². The fourth-order valence-electron chi connectivity index (χ4n) is 2.04. The van der Waals surface area contributed by atoms with Crippen LogP contribution < -0.4 is 14.8 Å². The van der Waals surface area contributed by atoms with E-state index in [1.54, 1.807) is 12.1 Å². The number of carbonyl (C=O) groups excluding carboxylic acids is 1. The molecule has 128 valence electrons. The minimum atomic E-state index is -0.567. The van der Waals surface area contributed by atoms with Crippen LogP contribution in [0.1, 0.15) is 5.56 Å². The van der Waals surface area contributed by atoms with E-state index >= 15 is 0 Å². The number of carbonyl (C=O) groups is 1. The number of phenols is 1. The van der Waals surface area contributed by atoms with Crippen LogP contribution in [0.4, 0.5) is 5.69 Å². The highest BCUT2D eigenvalue weighted by Crippen LogP contribution is 2.34. The number of nitriles is 1. The molecule has 2 aromatic carbocycles. The SMILES string of the molecule is COc1cc(OC)c(C=C(C#N)C(=O)Nc2ccc(O)cc2)cc1Br. The molecule has 0 aliphatic heterocycles. The summed E-state index contributed by atoms with van der Waals surface area (Å²) >= 11 is 3.36. The predicted molar refractivity (Wildman–Crippen MR) is 97.6 cm³/mol. The fraction of sp³-hybridized carbons (Fsp3) is 0.111. The normalized spacial score (nSPS) is 10.7. The lowest BCUT2D eigenvalue weighted by Gasteiger charge is -2.10. The van der Waals surface area contributed by atoms with Crippen molar-refractivity contribution in [3.63, 3.8) is 0 Å². The molecule has 1 amide bonds. The van der Waals surface area contributed by atoms with E-state index in [4.69, 9.17) is 9.47 Å². The second kappa shape index (κ2) is 8.22. The van der Waals surface area contributed by atoms with Crippen molar-refractivity contribution < 1.29 is 19.4 Å². The number of nitrogens with one attached hydrogen (secondary N) is 1. The van der Waals surface area contributed by atoms with Gasteiger partial charge in [-0.2, -0.15) is 5.26 Å². The molecule has 25 heavy (non-hydrogen) atoms. The molecule has 0 bridgehead atoms. The molecule has 0 atom stereocenters. The third-order valence-electron chi connectivity index (χ3n) is 3.29. The zero-order valence-corrected chi connectivity index (χ0v) is 15.1. The Morgan fingerprint density at radius 3 is 2.40 bits per heavy atom. The summed E-state index contributed by atoms with van der Waals surface area (Å²) in [6.07, 6.45) is 1.43. The molecule has 2 N–H and O–H groups in total. The van der Waals surface area contributed by atoms with Gasteiger partial charge in [0.25, 0.3) is 5.91 Å². The molecule has 0 heterocycles. The van der Waals surface area contributed by atoms with Gasteiger partial charge in [-0.05, 0) is 52.3 Å². The standard InChI is InChI=1S/C18H15BrN2O4/c1-24-16-9-17(25-2)15(19)8-11(16)7-12(10-20)18(23)21-13-3-5-14(22)6-4-13/h3-9,22H,1-2H3,(H,21,23). The molecule has 2 aromatic rings. The highest BCUT2D eigenvalue weighted by molar-refractivity contribution is 9.10. The first-order chi connectivity index (χ1) is 12.0. The van der Waals surface area contributed by atoms with Crippen molar-refractivity contribution in [1.29, 1.82) is 5.26 Å². The lowest BCUT2D eigenvalue weighted by molar-refractivity contribution is -0.112. The molecule has 7 heteroatoms. The van der Waals surface area contributed by atoms with E-state index < -0.39 is 5.91 Å². The van der Waals surface area contributed by atoms with Crippen molar-refractivity contribution in [1.82, 2.24) is 0 Å². The van der Waals surface area contributed by atoms with Gasteiger partial charge < -0.3 is 19.9 Å². The van der Waals surface area contributed by atoms with Gasteiger partial charge in [0.15, 0.2) is 0 Å². The Morgan fingerprint density at radius 1 is 1.20 bits per heavy atom. The zero-order valence-electron chi connectivity index (χ0n) is 13.5. The Hall–Kier alpha value is -2.98. The molecule has 0 aliphatic carbocycles. The van der Waals surface area contributed by atoms with Crippen LogP contribution in [0.25, 0.3) is 6.08 Å². The quantitative estimate of drug-likeness (QED) is 0.451. The Balaban J connectivity index is 2.33. The largest absolute Gasteiger partial charge is 0.508 e. The first kappa shape index (κ1) is 18.4. The summed E-state index contributed by atoms with van der Waals surface area (Å²) in [6.45, 7) is 0. The fourth-order valence-corrected chi connectivity index (χ4v) is 2.57. The molecule has 0 unspecified atom stereocenters. The van der Waals surface area contributed by atoms with E-state index in [0.717, 1.165) is 0 Å². The number of amides is 1. The van der Waals surface area contributed by atoms with Crippen molar-refractivity contribution in [2.24, 2.45) is 0 Å². The summed E-state index contributed by atoms with van der Waals surface area (Å²) < 4.78 is 11.1. The average molecular weight is 403 g/mol. The summed E-state index contributed by atoms with van der Waals surface area (Å²) in [4.78, 5) is 12.3. The molecule has 0 aliphatic rings. The van der Waals surface area contributed by atoms with E-state index in [1.165, 1.54) is 44.6 Å². The average Bonchev–Trinajstić information content (AvgIpc) is 2.61. The number of benzene rings is 2. The number of rotatable bonds is 5. The lowest BCUT2D eigenvalue weighted by Crippen LogP contribution is -2.13. The van der Waals surface area contributed by atoms with E-state index in [0.29, 0.717) is 27.2 Å². The monoisotopic (exact) mass is 402 g/mol. The highest BCUT2D eigenvalue weighted by Gasteiger charge is 2.13. The third-order valence-corrected chi connectivity index (χ3v) is 3.91. The number of methoxy groups -OCH3 is 2. The highest BCUT2D eigenvalue weighted by atomic mass is 79.9. The number of nitrogens with zero attached hydrogens (tertiary/aromatic N) is 1. The van der Waals surface area contributed by atoms with Gasteiger partial charge >= 0.3 is 0 Å². The minimum absolute atomic E-state index is 0.0851. The first-order valence-electron chi connectivity index (χ1n) is 7.12. The maximum atomic E-state index is 12.3. The molecular weight excluding hydrogens is 388 g/mol. The summed E-state index contributed by atoms with van der Waals surface area (Å²) in [7, 11) is 3.02. The van der Waals surface area contributed by atoms with Crippen molar-refractivity contribution in [2.75, 3.05) is 19.5 Å². The van der Waals surface area contributed by atoms with Crippen LogP contribution in [0.2, 0.25) is 0 Å². The van der Waals surface area contributed by atoms with Crippen LogP contribution in [-0.4, -0.2) is 25.2 Å². The van der Waals surface area contributed by atoms with E-state index in [9.17, 15) is 15.2 Å². The molecule has 0 spiro atoms. The van der Waals surface area contributed by atoms with Gasteiger partial charge in [0.2, 0.25) is 0 Å². The van der Waals surface area contributed by atoms with E-state index in [1.807, 2.05) is 6.07 Å². The number of phenolic OH excluding ortho intramolecular Hbond substituents is 1. The van der Waals surface area contributed by atoms with Crippen LogP contribution in [0.15, 0.2) is 46.4 Å². The summed E-state index contributed by atoms with van der Waals surface area (Å²) in [6, 6.07) is 11.2. The number of hydrogen-bond acceptors (Lipinski definition) is 5. The minimum Gasteiger partial charge on any atom is -0.508 e. The number of anilines is 1. The first-order valence-corrected chi connectivity index (χ1v) is 7.91. The lowest BCUT2D eigenvalue weighted by atomic mass is 10.1. The third kappa shape index (κ3) is 4.52. The summed E-state index contributed by atoms with van der Waals surface area (Å²) in [5.74, 6) is 0.551. The summed E-state index contributed by atoms with van der Waals surface area (Å²) in [5, 5.41) is 21.2. The van der Waals surface area contributed by atoms with Crippen LogP contribution >= 0.6 is 15.9 Å². The number of ether oxygens (including phenoxy) is 2. The second-order valence-electron chi connectivity index (χ2n) is 4.90. The molecule has 0 saturated carbocycles. The van der Waals surface area contributed by atoms with Crippen molar-refractivity contribution in [3.05, 3.63) is 52.0 Å². The van der Waals surface area contributed by atoms with Gasteiger partial charge in [-0.15, -0.1) is 0 Å². The smallest absolute Gasteiger partial charge is 0.266 e. The van der Waals surface area contributed by atoms with Gasteiger partial charge in [0.05, 0.1) is 18.7 Å². The van der Waals surface area contributed by atoms with Gasteiger partial charge in [-0.25, -0.2) is 0 Å². The topological polar surface area (TPSA) is 91.6 Å². The van der Waals surface area contributed by atoms with Crippen molar-refractivity contribution in [3.8, 4) is 23.3 Å². The molecule has 0 radical (unpaired) electrons. The van der Waals surface area contributed by atoms with Crippen molar-refractivity contribution >= 4 is 33.6 Å². The van der Waals surface area contributed by atoms with Crippen LogP contribution in [-0.2, 0) is 4.79 Å². The Kier molecular flexibility index (Phi) is 6.03. The van der Waals surface area contributed by atoms with Crippen LogP contribution in [0.5, 0.6) is 17.2 Å². The van der Waals surface area contributed by atoms with E-state index in [2.05, 4.69) is 21.2 Å². The number of hydrogen-bond donors (Lipinski definition) is 2. The van der Waals surface area contributed by atoms with Gasteiger partial charge in [-0.1, -0.05) is 0 Å². The second-order valence-corrected chi connectivity index (χ2v) is 5.75. The number of halogens is 1. The van der Waals surface area contributed by atoms with Crippen LogP contribution in [0.3, 0.4) is 0 Å². The maximum absolute atomic E-state index is 12.3. The van der Waals surface area contributed by atoms with Gasteiger partial charge in [0.1, 0.15) is 28.9 Å². The van der Waals surface area contributed by atoms with Crippen molar-refractivity contribution in [2.45, 2.75) is 0 Å². The molecule has 0 aromatic heterocycles.